The molecule has 2 heterocycles. The van der Waals surface area contributed by atoms with Crippen molar-refractivity contribution in [2.45, 2.75) is 43.5 Å². The molecule has 1 saturated heterocycles. The van der Waals surface area contributed by atoms with Crippen LogP contribution in [0.4, 0.5) is 5.69 Å². The molecular weight excluding hydrogens is 344 g/mol. The van der Waals surface area contributed by atoms with Crippen molar-refractivity contribution >= 4 is 15.7 Å². The molecule has 0 saturated carbocycles. The van der Waals surface area contributed by atoms with Crippen LogP contribution in [-0.4, -0.2) is 39.5 Å². The Labute approximate surface area is 156 Å². The van der Waals surface area contributed by atoms with Gasteiger partial charge in [0.15, 0.2) is 0 Å². The van der Waals surface area contributed by atoms with Crippen LogP contribution in [0.1, 0.15) is 36.0 Å². The Balaban J connectivity index is 1.82. The molecule has 2 aliphatic heterocycles. The molecule has 4 nitrogen and oxygen atoms in total. The van der Waals surface area contributed by atoms with E-state index in [-0.39, 0.29) is 12.0 Å². The van der Waals surface area contributed by atoms with Gasteiger partial charge in [-0.2, -0.15) is 0 Å². The smallest absolute Gasteiger partial charge is 0.264 e. The zero-order valence-corrected chi connectivity index (χ0v) is 16.5. The van der Waals surface area contributed by atoms with Crippen molar-refractivity contribution in [3.8, 4) is 0 Å². The number of benzene rings is 2. The van der Waals surface area contributed by atoms with Crippen LogP contribution in [0.15, 0.2) is 47.4 Å². The minimum absolute atomic E-state index is 0.0128. The number of aryl methyl sites for hydroxylation is 2. The third-order valence-electron chi connectivity index (χ3n) is 5.79. The number of piperidine rings is 1. The maximum Gasteiger partial charge on any atom is 0.264 e. The van der Waals surface area contributed by atoms with E-state index in [1.54, 1.807) is 16.4 Å². The Morgan fingerprint density at radius 1 is 1.12 bits per heavy atom. The SMILES string of the molecule is CCc1ccc(S(=O)(=O)N2c3ccc(C)cc3[C@@H]3CN(C)CC[C@@H]32)cc1. The van der Waals surface area contributed by atoms with Crippen LogP contribution in [0.25, 0.3) is 0 Å². The van der Waals surface area contributed by atoms with E-state index in [0.29, 0.717) is 4.90 Å². The van der Waals surface area contributed by atoms with Crippen LogP contribution in [0, 0.1) is 6.92 Å². The predicted molar refractivity (Wildman–Crippen MR) is 105 cm³/mol. The molecule has 0 amide bonds. The number of fused-ring (bicyclic) bond motifs is 3. The number of likely N-dealkylation sites (N-methyl/N-ethyl adjacent to an activating group) is 1. The Morgan fingerprint density at radius 3 is 2.54 bits per heavy atom. The highest BCUT2D eigenvalue weighted by atomic mass is 32.2. The van der Waals surface area contributed by atoms with Gasteiger partial charge in [-0.3, -0.25) is 4.31 Å². The first-order valence-electron chi connectivity index (χ1n) is 9.34. The monoisotopic (exact) mass is 370 g/mol. The summed E-state index contributed by atoms with van der Waals surface area (Å²) < 4.78 is 28.8. The molecule has 26 heavy (non-hydrogen) atoms. The highest BCUT2D eigenvalue weighted by Gasteiger charge is 2.46. The van der Waals surface area contributed by atoms with E-state index >= 15 is 0 Å². The van der Waals surface area contributed by atoms with Gasteiger partial charge < -0.3 is 4.90 Å². The number of hydrogen-bond donors (Lipinski definition) is 0. The highest BCUT2D eigenvalue weighted by Crippen LogP contribution is 2.47. The van der Waals surface area contributed by atoms with Gasteiger partial charge in [0.2, 0.25) is 0 Å². The average Bonchev–Trinajstić information content (AvgIpc) is 2.95. The molecule has 0 unspecified atom stereocenters. The molecule has 4 rings (SSSR count). The van der Waals surface area contributed by atoms with Crippen LogP contribution in [-0.2, 0) is 16.4 Å². The van der Waals surface area contributed by atoms with Crippen LogP contribution in [0.2, 0.25) is 0 Å². The van der Waals surface area contributed by atoms with Crippen LogP contribution in [0.5, 0.6) is 0 Å². The summed E-state index contributed by atoms with van der Waals surface area (Å²) >= 11 is 0. The van der Waals surface area contributed by atoms with Gasteiger partial charge in [0.25, 0.3) is 10.0 Å². The summed E-state index contributed by atoms with van der Waals surface area (Å²) in [6.45, 7) is 5.98. The molecular formula is C21H26N2O2S. The van der Waals surface area contributed by atoms with Crippen molar-refractivity contribution in [3.05, 3.63) is 59.2 Å². The zero-order valence-electron chi connectivity index (χ0n) is 15.6. The van der Waals surface area contributed by atoms with E-state index in [1.165, 1.54) is 11.1 Å². The first kappa shape index (κ1) is 17.6. The summed E-state index contributed by atoms with van der Waals surface area (Å²) in [4.78, 5) is 2.69. The van der Waals surface area contributed by atoms with E-state index in [9.17, 15) is 8.42 Å². The van der Waals surface area contributed by atoms with Crippen LogP contribution >= 0.6 is 0 Å². The fourth-order valence-corrected chi connectivity index (χ4v) is 6.10. The van der Waals surface area contributed by atoms with Crippen molar-refractivity contribution in [2.75, 3.05) is 24.4 Å². The number of rotatable bonds is 3. The van der Waals surface area contributed by atoms with E-state index < -0.39 is 10.0 Å². The maximum absolute atomic E-state index is 13.5. The molecule has 0 N–H and O–H groups in total. The van der Waals surface area contributed by atoms with E-state index in [4.69, 9.17) is 0 Å². The molecule has 0 aliphatic carbocycles. The zero-order chi connectivity index (χ0) is 18.5. The first-order chi connectivity index (χ1) is 12.4. The lowest BCUT2D eigenvalue weighted by Crippen LogP contribution is -2.47. The molecule has 1 fully saturated rings. The van der Waals surface area contributed by atoms with Gasteiger partial charge in [0.05, 0.1) is 16.6 Å². The topological polar surface area (TPSA) is 40.6 Å². The average molecular weight is 371 g/mol. The summed E-state index contributed by atoms with van der Waals surface area (Å²) in [6, 6.07) is 13.5. The van der Waals surface area contributed by atoms with Gasteiger partial charge in [0, 0.05) is 12.5 Å². The van der Waals surface area contributed by atoms with Gasteiger partial charge >= 0.3 is 0 Å². The second-order valence-corrected chi connectivity index (χ2v) is 9.40. The summed E-state index contributed by atoms with van der Waals surface area (Å²) in [5.41, 5.74) is 4.37. The van der Waals surface area contributed by atoms with Crippen LogP contribution < -0.4 is 4.31 Å². The lowest BCUT2D eigenvalue weighted by molar-refractivity contribution is 0.237. The summed E-state index contributed by atoms with van der Waals surface area (Å²) in [6.07, 6.45) is 1.77. The molecule has 138 valence electrons. The number of likely N-dealkylation sites (tertiary alicyclic amines) is 1. The third kappa shape index (κ3) is 2.74. The molecule has 0 radical (unpaired) electrons. The molecule has 5 heteroatoms. The number of nitrogens with zero attached hydrogens (tertiary/aromatic N) is 2. The summed E-state index contributed by atoms with van der Waals surface area (Å²) in [7, 11) is -1.45. The molecule has 0 bridgehead atoms. The van der Waals surface area contributed by atoms with Crippen molar-refractivity contribution in [3.63, 3.8) is 0 Å². The number of sulfonamides is 1. The Morgan fingerprint density at radius 2 is 1.85 bits per heavy atom. The third-order valence-corrected chi connectivity index (χ3v) is 7.64. The standard InChI is InChI=1S/C21H26N2O2S/c1-4-16-6-8-17(9-7-16)26(24,25)23-20-10-5-15(2)13-18(20)19-14-22(3)12-11-21(19)23/h5-10,13,19,21H,4,11-12,14H2,1-3H3/t19-,21-/m0/s1. The molecule has 2 aromatic rings. The van der Waals surface area contributed by atoms with Crippen molar-refractivity contribution in [2.24, 2.45) is 0 Å². The lowest BCUT2D eigenvalue weighted by atomic mass is 9.89. The minimum atomic E-state index is -3.56. The minimum Gasteiger partial charge on any atom is -0.306 e. The van der Waals surface area contributed by atoms with E-state index in [0.717, 1.165) is 37.2 Å². The second kappa shape index (κ2) is 6.39. The normalized spacial score (nSPS) is 23.0. The molecule has 0 spiro atoms. The Bertz CT molecular complexity index is 922. The lowest BCUT2D eigenvalue weighted by Gasteiger charge is -2.36. The van der Waals surface area contributed by atoms with Crippen molar-refractivity contribution in [1.29, 1.82) is 0 Å². The molecule has 2 aliphatic rings. The van der Waals surface area contributed by atoms with Crippen LogP contribution in [0.3, 0.4) is 0 Å². The van der Waals surface area contributed by atoms with Gasteiger partial charge in [-0.05, 0) is 62.7 Å². The summed E-state index contributed by atoms with van der Waals surface area (Å²) in [5.74, 6) is 0.244. The van der Waals surface area contributed by atoms with Gasteiger partial charge in [0.1, 0.15) is 0 Å². The molecule has 2 atom stereocenters. The quantitative estimate of drug-likeness (QED) is 0.830. The Kier molecular flexibility index (Phi) is 4.32. The molecule has 0 aromatic heterocycles. The molecule has 2 aromatic carbocycles. The summed E-state index contributed by atoms with van der Waals surface area (Å²) in [5, 5.41) is 0. The Hall–Kier alpha value is -1.85. The predicted octanol–water partition coefficient (Wildman–Crippen LogP) is 3.55. The van der Waals surface area contributed by atoms with Crippen molar-refractivity contribution in [1.82, 2.24) is 4.90 Å². The van der Waals surface area contributed by atoms with Crippen molar-refractivity contribution < 1.29 is 8.42 Å². The number of hydrogen-bond acceptors (Lipinski definition) is 3. The number of anilines is 1. The van der Waals surface area contributed by atoms with Gasteiger partial charge in [-0.1, -0.05) is 36.8 Å². The van der Waals surface area contributed by atoms with Gasteiger partial charge in [-0.15, -0.1) is 0 Å². The largest absolute Gasteiger partial charge is 0.306 e. The fraction of sp³-hybridized carbons (Fsp3) is 0.429. The van der Waals surface area contributed by atoms with Gasteiger partial charge in [-0.25, -0.2) is 8.42 Å². The second-order valence-electron chi connectivity index (χ2n) is 7.59. The highest BCUT2D eigenvalue weighted by molar-refractivity contribution is 7.92. The fourth-order valence-electron chi connectivity index (χ4n) is 4.36. The first-order valence-corrected chi connectivity index (χ1v) is 10.8. The maximum atomic E-state index is 13.5. The van der Waals surface area contributed by atoms with E-state index in [1.807, 2.05) is 24.3 Å². The van der Waals surface area contributed by atoms with E-state index in [2.05, 4.69) is 31.9 Å².